The highest BCUT2D eigenvalue weighted by Gasteiger charge is 2.20. The van der Waals surface area contributed by atoms with Crippen molar-refractivity contribution in [1.82, 2.24) is 0 Å². The molecule has 0 unspecified atom stereocenters. The van der Waals surface area contributed by atoms with Crippen molar-refractivity contribution < 1.29 is 9.53 Å². The van der Waals surface area contributed by atoms with Gasteiger partial charge in [0.15, 0.2) is 6.10 Å². The molecule has 1 atom stereocenters. The lowest BCUT2D eigenvalue weighted by atomic mass is 10.0. The number of carbonyl (C=O) groups is 1. The molecule has 2 rings (SSSR count). The molecular weight excluding hydrogens is 310 g/mol. The first kappa shape index (κ1) is 19.0. The van der Waals surface area contributed by atoms with E-state index in [0.29, 0.717) is 6.42 Å². The maximum Gasteiger partial charge on any atom is 0.265 e. The van der Waals surface area contributed by atoms with E-state index in [1.807, 2.05) is 31.2 Å². The molecular formula is C22H29NO2. The zero-order valence-corrected chi connectivity index (χ0v) is 15.8. The zero-order chi connectivity index (χ0) is 18.2. The van der Waals surface area contributed by atoms with Crippen molar-refractivity contribution in [3.05, 3.63) is 59.2 Å². The smallest absolute Gasteiger partial charge is 0.265 e. The van der Waals surface area contributed by atoms with Crippen LogP contribution in [-0.2, 0) is 24.1 Å². The predicted octanol–water partition coefficient (Wildman–Crippen LogP) is 5.17. The van der Waals surface area contributed by atoms with Crippen molar-refractivity contribution in [2.24, 2.45) is 0 Å². The molecule has 0 aliphatic rings. The van der Waals surface area contributed by atoms with Gasteiger partial charge >= 0.3 is 0 Å². The van der Waals surface area contributed by atoms with Crippen LogP contribution in [0.15, 0.2) is 42.5 Å². The first-order chi connectivity index (χ1) is 12.1. The number of amides is 1. The summed E-state index contributed by atoms with van der Waals surface area (Å²) in [6.07, 6.45) is 2.89. The van der Waals surface area contributed by atoms with Crippen LogP contribution in [0.1, 0.15) is 50.8 Å². The van der Waals surface area contributed by atoms with E-state index in [9.17, 15) is 4.79 Å². The van der Waals surface area contributed by atoms with Gasteiger partial charge in [-0.2, -0.15) is 0 Å². The Kier molecular flexibility index (Phi) is 7.05. The molecule has 0 heterocycles. The number of benzene rings is 2. The topological polar surface area (TPSA) is 38.3 Å². The average Bonchev–Trinajstić information content (AvgIpc) is 2.66. The largest absolute Gasteiger partial charge is 0.481 e. The highest BCUT2D eigenvalue weighted by molar-refractivity contribution is 5.95. The molecule has 0 saturated carbocycles. The van der Waals surface area contributed by atoms with Gasteiger partial charge < -0.3 is 10.1 Å². The first-order valence-electron chi connectivity index (χ1n) is 9.30. The summed E-state index contributed by atoms with van der Waals surface area (Å²) in [5, 5.41) is 3.11. The Hall–Kier alpha value is -2.29. The Morgan fingerprint density at radius 3 is 2.00 bits per heavy atom. The summed E-state index contributed by atoms with van der Waals surface area (Å²) in [4.78, 5) is 12.8. The van der Waals surface area contributed by atoms with Crippen LogP contribution in [0.25, 0.3) is 0 Å². The maximum atomic E-state index is 12.8. The van der Waals surface area contributed by atoms with Gasteiger partial charge in [-0.25, -0.2) is 0 Å². The molecule has 0 radical (unpaired) electrons. The van der Waals surface area contributed by atoms with E-state index in [1.165, 1.54) is 5.56 Å². The highest BCUT2D eigenvalue weighted by Crippen LogP contribution is 2.24. The summed E-state index contributed by atoms with van der Waals surface area (Å²) in [6.45, 7) is 8.30. The van der Waals surface area contributed by atoms with E-state index in [1.54, 1.807) is 0 Å². The Balaban J connectivity index is 2.14. The molecule has 134 valence electrons. The van der Waals surface area contributed by atoms with Gasteiger partial charge in [0.1, 0.15) is 5.75 Å². The third kappa shape index (κ3) is 4.85. The van der Waals surface area contributed by atoms with Gasteiger partial charge in [-0.05, 0) is 54.5 Å². The molecule has 3 heteroatoms. The maximum absolute atomic E-state index is 12.8. The van der Waals surface area contributed by atoms with Gasteiger partial charge in [0, 0.05) is 5.69 Å². The highest BCUT2D eigenvalue weighted by atomic mass is 16.5. The number of nitrogens with one attached hydrogen (secondary N) is 1. The number of carbonyl (C=O) groups excluding carboxylic acids is 1. The minimum Gasteiger partial charge on any atom is -0.481 e. The predicted molar refractivity (Wildman–Crippen MR) is 104 cm³/mol. The van der Waals surface area contributed by atoms with E-state index in [4.69, 9.17) is 4.74 Å². The van der Waals surface area contributed by atoms with Crippen LogP contribution in [0.2, 0.25) is 0 Å². The molecule has 0 spiro atoms. The molecule has 1 amide bonds. The molecule has 25 heavy (non-hydrogen) atoms. The van der Waals surface area contributed by atoms with E-state index in [0.717, 1.165) is 41.8 Å². The Labute approximate surface area is 151 Å². The second kappa shape index (κ2) is 9.26. The monoisotopic (exact) mass is 339 g/mol. The summed E-state index contributed by atoms with van der Waals surface area (Å²) in [6, 6.07) is 14.2. The van der Waals surface area contributed by atoms with E-state index < -0.39 is 6.10 Å². The van der Waals surface area contributed by atoms with Gasteiger partial charge in [0.25, 0.3) is 5.91 Å². The number of hydrogen-bond acceptors (Lipinski definition) is 2. The van der Waals surface area contributed by atoms with Crippen molar-refractivity contribution in [2.45, 2.75) is 59.5 Å². The quantitative estimate of drug-likeness (QED) is 0.720. The third-order valence-corrected chi connectivity index (χ3v) is 4.52. The van der Waals surface area contributed by atoms with Crippen LogP contribution in [0, 0.1) is 0 Å². The molecule has 0 bridgehead atoms. The molecule has 0 aromatic heterocycles. The van der Waals surface area contributed by atoms with E-state index in [2.05, 4.69) is 44.3 Å². The molecule has 0 saturated heterocycles. The van der Waals surface area contributed by atoms with Gasteiger partial charge in [-0.15, -0.1) is 0 Å². The standard InChI is InChI=1S/C22H29NO2/c1-5-16-12-14-19(15-13-16)25-20(8-4)22(24)23-21-17(6-2)10-9-11-18(21)7-3/h9-15,20H,5-8H2,1-4H3,(H,23,24)/t20-/m0/s1. The van der Waals surface area contributed by atoms with Crippen molar-refractivity contribution in [3.8, 4) is 5.75 Å². The lowest BCUT2D eigenvalue weighted by Crippen LogP contribution is -2.33. The Morgan fingerprint density at radius 2 is 1.52 bits per heavy atom. The van der Waals surface area contributed by atoms with Crippen LogP contribution in [-0.4, -0.2) is 12.0 Å². The van der Waals surface area contributed by atoms with Gasteiger partial charge in [-0.1, -0.05) is 58.0 Å². The molecule has 1 N–H and O–H groups in total. The summed E-state index contributed by atoms with van der Waals surface area (Å²) in [5.41, 5.74) is 4.53. The van der Waals surface area contributed by atoms with Crippen molar-refractivity contribution >= 4 is 11.6 Å². The summed E-state index contributed by atoms with van der Waals surface area (Å²) in [7, 11) is 0. The lowest BCUT2D eigenvalue weighted by Gasteiger charge is -2.20. The zero-order valence-electron chi connectivity index (χ0n) is 15.8. The second-order valence-corrected chi connectivity index (χ2v) is 6.16. The number of hydrogen-bond donors (Lipinski definition) is 1. The molecule has 0 aliphatic carbocycles. The second-order valence-electron chi connectivity index (χ2n) is 6.16. The molecule has 3 nitrogen and oxygen atoms in total. The normalized spacial score (nSPS) is 11.8. The van der Waals surface area contributed by atoms with Gasteiger partial charge in [0.2, 0.25) is 0 Å². The lowest BCUT2D eigenvalue weighted by molar-refractivity contribution is -0.122. The van der Waals surface area contributed by atoms with Gasteiger partial charge in [-0.3, -0.25) is 4.79 Å². The number of anilines is 1. The number of para-hydroxylation sites is 1. The van der Waals surface area contributed by atoms with Crippen LogP contribution < -0.4 is 10.1 Å². The average molecular weight is 339 g/mol. The van der Waals surface area contributed by atoms with Gasteiger partial charge in [0.05, 0.1) is 0 Å². The minimum absolute atomic E-state index is 0.0855. The summed E-state index contributed by atoms with van der Waals surface area (Å²) >= 11 is 0. The van der Waals surface area contributed by atoms with Crippen molar-refractivity contribution in [1.29, 1.82) is 0 Å². The van der Waals surface area contributed by atoms with Crippen LogP contribution in [0.5, 0.6) is 5.75 Å². The van der Waals surface area contributed by atoms with Crippen molar-refractivity contribution in [2.75, 3.05) is 5.32 Å². The SMILES string of the molecule is CCc1ccc(O[C@@H](CC)C(=O)Nc2c(CC)cccc2CC)cc1. The summed E-state index contributed by atoms with van der Waals surface area (Å²) in [5.74, 6) is 0.649. The number of aryl methyl sites for hydroxylation is 3. The fraction of sp³-hybridized carbons (Fsp3) is 0.409. The summed E-state index contributed by atoms with van der Waals surface area (Å²) < 4.78 is 5.93. The van der Waals surface area contributed by atoms with Crippen LogP contribution in [0.3, 0.4) is 0 Å². The molecule has 2 aromatic carbocycles. The minimum atomic E-state index is -0.498. The Bertz CT molecular complexity index is 669. The first-order valence-corrected chi connectivity index (χ1v) is 9.30. The third-order valence-electron chi connectivity index (χ3n) is 4.52. The van der Waals surface area contributed by atoms with Crippen LogP contribution >= 0.6 is 0 Å². The van der Waals surface area contributed by atoms with Crippen molar-refractivity contribution in [3.63, 3.8) is 0 Å². The fourth-order valence-electron chi connectivity index (χ4n) is 2.90. The number of ether oxygens (including phenoxy) is 1. The molecule has 2 aromatic rings. The van der Waals surface area contributed by atoms with Crippen LogP contribution in [0.4, 0.5) is 5.69 Å². The fourth-order valence-corrected chi connectivity index (χ4v) is 2.90. The molecule has 0 aliphatic heterocycles. The Morgan fingerprint density at radius 1 is 0.920 bits per heavy atom. The number of rotatable bonds is 8. The van der Waals surface area contributed by atoms with E-state index in [-0.39, 0.29) is 5.91 Å². The van der Waals surface area contributed by atoms with E-state index >= 15 is 0 Å². The molecule has 0 fully saturated rings.